The van der Waals surface area contributed by atoms with Crippen LogP contribution in [0.1, 0.15) is 31.4 Å². The van der Waals surface area contributed by atoms with Gasteiger partial charge in [-0.3, -0.25) is 4.79 Å². The van der Waals surface area contributed by atoms with Crippen molar-refractivity contribution in [1.82, 2.24) is 0 Å². The van der Waals surface area contributed by atoms with E-state index in [2.05, 4.69) is 18.7 Å². The van der Waals surface area contributed by atoms with E-state index in [0.717, 1.165) is 17.5 Å². The monoisotopic (exact) mass is 307 g/mol. The highest BCUT2D eigenvalue weighted by Crippen LogP contribution is 2.31. The van der Waals surface area contributed by atoms with Crippen molar-refractivity contribution in [2.24, 2.45) is 5.41 Å². The molecule has 1 N–H and O–H groups in total. The zero-order chi connectivity index (χ0) is 15.3. The fourth-order valence-corrected chi connectivity index (χ4v) is 2.70. The van der Waals surface area contributed by atoms with Crippen LogP contribution in [0.5, 0.6) is 0 Å². The number of carbonyl (C=O) groups is 1. The Balaban J connectivity index is 3.15. The van der Waals surface area contributed by atoms with Gasteiger partial charge in [0.25, 0.3) is 0 Å². The third-order valence-electron chi connectivity index (χ3n) is 3.28. The minimum atomic E-state index is -1.04. The molecule has 1 aromatic rings. The maximum atomic E-state index is 10.9. The number of thiol groups is 1. The van der Waals surface area contributed by atoms with Crippen LogP contribution in [0, 0.1) is 16.7 Å². The van der Waals surface area contributed by atoms with Crippen LogP contribution < -0.4 is 0 Å². The first kappa shape index (κ1) is 16.7. The molecule has 0 radical (unpaired) electrons. The Morgan fingerprint density at radius 3 is 2.65 bits per heavy atom. The van der Waals surface area contributed by atoms with Gasteiger partial charge < -0.3 is 5.11 Å². The number of carboxylic acid groups (broad SMARTS) is 1. The predicted octanol–water partition coefficient (Wildman–Crippen LogP) is 3.27. The number of aryl methyl sites for hydroxylation is 1. The topological polar surface area (TPSA) is 61.1 Å². The van der Waals surface area contributed by atoms with Crippen molar-refractivity contribution in [3.05, 3.63) is 35.4 Å². The van der Waals surface area contributed by atoms with Crippen molar-refractivity contribution in [3.63, 3.8) is 0 Å². The van der Waals surface area contributed by atoms with Gasteiger partial charge in [-0.05, 0) is 30.9 Å². The van der Waals surface area contributed by atoms with E-state index in [1.807, 2.05) is 31.2 Å². The highest BCUT2D eigenvalue weighted by atomic mass is 32.1. The zero-order valence-electron chi connectivity index (χ0n) is 11.5. The lowest BCUT2D eigenvalue weighted by Gasteiger charge is -2.25. The lowest BCUT2D eigenvalue weighted by molar-refractivity contribution is -0.136. The average Bonchev–Trinajstić information content (AvgIpc) is 2.45. The molecule has 5 heteroatoms. The summed E-state index contributed by atoms with van der Waals surface area (Å²) < 4.78 is 0. The smallest absolute Gasteiger partial charge is 0.316 e. The number of rotatable bonds is 6. The molecule has 0 aromatic heterocycles. The van der Waals surface area contributed by atoms with E-state index in [4.69, 9.17) is 17.3 Å². The van der Waals surface area contributed by atoms with Crippen LogP contribution in [0.3, 0.4) is 0 Å². The molecular formula is C15H17NO2S2. The SMILES string of the molecule is CCc1ccccc1C(=S)C(C)(C#N)CC(S)C(=O)O. The summed E-state index contributed by atoms with van der Waals surface area (Å²) in [4.78, 5) is 11.4. The Bertz CT molecular complexity index is 565. The Morgan fingerprint density at radius 2 is 2.15 bits per heavy atom. The van der Waals surface area contributed by atoms with Crippen LogP contribution >= 0.6 is 24.8 Å². The Hall–Kier alpha value is -1.38. The number of aliphatic carboxylic acids is 1. The van der Waals surface area contributed by atoms with E-state index in [1.54, 1.807) is 6.92 Å². The first-order chi connectivity index (χ1) is 9.35. The van der Waals surface area contributed by atoms with Gasteiger partial charge in [0.15, 0.2) is 0 Å². The number of benzene rings is 1. The van der Waals surface area contributed by atoms with Crippen LogP contribution in [-0.4, -0.2) is 21.2 Å². The molecule has 0 aliphatic carbocycles. The molecule has 3 nitrogen and oxygen atoms in total. The third kappa shape index (κ3) is 3.59. The fourth-order valence-electron chi connectivity index (χ4n) is 2.01. The molecule has 0 saturated carbocycles. The number of thiocarbonyl (C=S) groups is 1. The van der Waals surface area contributed by atoms with E-state index in [1.165, 1.54) is 0 Å². The predicted molar refractivity (Wildman–Crippen MR) is 86.3 cm³/mol. The molecule has 0 fully saturated rings. The van der Waals surface area contributed by atoms with E-state index in [9.17, 15) is 10.1 Å². The van der Waals surface area contributed by atoms with Gasteiger partial charge in [0.2, 0.25) is 0 Å². The van der Waals surface area contributed by atoms with Gasteiger partial charge in [0.05, 0.1) is 11.5 Å². The lowest BCUT2D eigenvalue weighted by atomic mass is 9.79. The summed E-state index contributed by atoms with van der Waals surface area (Å²) in [5.41, 5.74) is 0.885. The van der Waals surface area contributed by atoms with Crippen LogP contribution in [-0.2, 0) is 11.2 Å². The van der Waals surface area contributed by atoms with Crippen molar-refractivity contribution in [2.45, 2.75) is 31.9 Å². The van der Waals surface area contributed by atoms with Gasteiger partial charge in [0.1, 0.15) is 5.25 Å². The molecular weight excluding hydrogens is 290 g/mol. The second-order valence-corrected chi connectivity index (χ2v) is 5.87. The first-order valence-corrected chi connectivity index (χ1v) is 7.23. The summed E-state index contributed by atoms with van der Waals surface area (Å²) in [5, 5.41) is 17.5. The van der Waals surface area contributed by atoms with Gasteiger partial charge in [-0.15, -0.1) is 0 Å². The molecule has 2 unspecified atom stereocenters. The summed E-state index contributed by atoms with van der Waals surface area (Å²) >= 11 is 9.48. The highest BCUT2D eigenvalue weighted by Gasteiger charge is 2.35. The third-order valence-corrected chi connectivity index (χ3v) is 4.35. The van der Waals surface area contributed by atoms with E-state index >= 15 is 0 Å². The molecule has 1 aromatic carbocycles. The zero-order valence-corrected chi connectivity index (χ0v) is 13.2. The van der Waals surface area contributed by atoms with Crippen molar-refractivity contribution in [1.29, 1.82) is 5.26 Å². The van der Waals surface area contributed by atoms with Crippen LogP contribution in [0.2, 0.25) is 0 Å². The van der Waals surface area contributed by atoms with Gasteiger partial charge in [-0.25, -0.2) is 0 Å². The molecule has 0 heterocycles. The number of carboxylic acids is 1. The molecule has 0 aliphatic rings. The summed E-state index contributed by atoms with van der Waals surface area (Å²) in [5.74, 6) is -1.04. The van der Waals surface area contributed by atoms with Crippen molar-refractivity contribution < 1.29 is 9.90 Å². The first-order valence-electron chi connectivity index (χ1n) is 6.30. The molecule has 0 spiro atoms. The molecule has 20 heavy (non-hydrogen) atoms. The van der Waals surface area contributed by atoms with E-state index in [0.29, 0.717) is 4.86 Å². The Labute approximate surface area is 130 Å². The number of hydrogen-bond acceptors (Lipinski definition) is 4. The van der Waals surface area contributed by atoms with Gasteiger partial charge >= 0.3 is 5.97 Å². The van der Waals surface area contributed by atoms with Gasteiger partial charge in [0, 0.05) is 4.86 Å². The quantitative estimate of drug-likeness (QED) is 0.481. The van der Waals surface area contributed by atoms with Crippen LogP contribution in [0.25, 0.3) is 0 Å². The second-order valence-electron chi connectivity index (χ2n) is 4.84. The Kier molecular flexibility index (Phi) is 5.73. The summed E-state index contributed by atoms with van der Waals surface area (Å²) in [6.07, 6.45) is 0.889. The summed E-state index contributed by atoms with van der Waals surface area (Å²) in [6.45, 7) is 3.69. The molecule has 106 valence electrons. The minimum absolute atomic E-state index is 0.0822. The molecule has 0 amide bonds. The highest BCUT2D eigenvalue weighted by molar-refractivity contribution is 7.82. The summed E-state index contributed by atoms with van der Waals surface area (Å²) in [6, 6.07) is 9.80. The largest absolute Gasteiger partial charge is 0.480 e. The maximum Gasteiger partial charge on any atom is 0.316 e. The number of nitrogens with zero attached hydrogens (tertiary/aromatic N) is 1. The second kappa shape index (κ2) is 6.87. The number of hydrogen-bond donors (Lipinski definition) is 2. The van der Waals surface area contributed by atoms with Crippen LogP contribution in [0.4, 0.5) is 0 Å². The Morgan fingerprint density at radius 1 is 1.55 bits per heavy atom. The van der Waals surface area contributed by atoms with Crippen molar-refractivity contribution in [3.8, 4) is 6.07 Å². The van der Waals surface area contributed by atoms with Gasteiger partial charge in [-0.1, -0.05) is 43.4 Å². The molecule has 0 saturated heterocycles. The maximum absolute atomic E-state index is 10.9. The van der Waals surface area contributed by atoms with Crippen LogP contribution in [0.15, 0.2) is 24.3 Å². The van der Waals surface area contributed by atoms with E-state index in [-0.39, 0.29) is 6.42 Å². The van der Waals surface area contributed by atoms with Crippen molar-refractivity contribution in [2.75, 3.05) is 0 Å². The van der Waals surface area contributed by atoms with Gasteiger partial charge in [-0.2, -0.15) is 17.9 Å². The summed E-state index contributed by atoms with van der Waals surface area (Å²) in [7, 11) is 0. The minimum Gasteiger partial charge on any atom is -0.480 e. The fraction of sp³-hybridized carbons (Fsp3) is 0.400. The molecule has 0 bridgehead atoms. The molecule has 2 atom stereocenters. The molecule has 1 rings (SSSR count). The lowest BCUT2D eigenvalue weighted by Crippen LogP contribution is -2.32. The standard InChI is InChI=1S/C15H17NO2S2/c1-3-10-6-4-5-7-11(10)13(20)15(2,9-16)8-12(19)14(17)18/h4-7,12,19H,3,8H2,1-2H3,(H,17,18). The normalized spacial score (nSPS) is 14.9. The molecule has 0 aliphatic heterocycles. The number of nitriles is 1. The van der Waals surface area contributed by atoms with Crippen molar-refractivity contribution >= 4 is 35.7 Å². The van der Waals surface area contributed by atoms with E-state index < -0.39 is 16.6 Å². The average molecular weight is 307 g/mol.